The monoisotopic (exact) mass is 508 g/mol. The Labute approximate surface area is 223 Å². The number of amides is 2. The van der Waals surface area contributed by atoms with Crippen LogP contribution < -0.4 is 10.6 Å². The summed E-state index contributed by atoms with van der Waals surface area (Å²) in [5, 5.41) is 5.60. The molecule has 38 heavy (non-hydrogen) atoms. The van der Waals surface area contributed by atoms with E-state index in [2.05, 4.69) is 10.6 Å². The van der Waals surface area contributed by atoms with Gasteiger partial charge in [-0.3, -0.25) is 19.2 Å². The minimum atomic E-state index is -0.174. The highest BCUT2D eigenvalue weighted by Gasteiger charge is 2.10. The highest BCUT2D eigenvalue weighted by atomic mass is 16.2. The zero-order valence-electron chi connectivity index (χ0n) is 22.0. The van der Waals surface area contributed by atoms with Crippen molar-refractivity contribution in [2.75, 3.05) is 10.6 Å². The molecule has 2 N–H and O–H groups in total. The SMILES string of the molecule is CC(C)C(=O)Nc1cccc(C(=O)C=Cc2ccc(C=CC(=O)c3cccc(NC(=O)C(C)C)c3)cc2)c1. The number of carbonyl (C=O) groups is 4. The predicted octanol–water partition coefficient (Wildman–Crippen LogP) is 6.67. The summed E-state index contributed by atoms with van der Waals surface area (Å²) >= 11 is 0. The number of carbonyl (C=O) groups excluding carboxylic acids is 4. The predicted molar refractivity (Wildman–Crippen MR) is 153 cm³/mol. The first-order valence-electron chi connectivity index (χ1n) is 12.5. The summed E-state index contributed by atoms with van der Waals surface area (Å²) in [6.07, 6.45) is 6.42. The molecule has 0 aromatic heterocycles. The molecule has 0 aliphatic heterocycles. The van der Waals surface area contributed by atoms with Gasteiger partial charge in [-0.15, -0.1) is 0 Å². The van der Waals surface area contributed by atoms with E-state index in [9.17, 15) is 19.2 Å². The molecule has 0 bridgehead atoms. The normalized spacial score (nSPS) is 11.3. The second-order valence-corrected chi connectivity index (χ2v) is 9.51. The second-order valence-electron chi connectivity index (χ2n) is 9.51. The molecule has 0 unspecified atom stereocenters. The van der Waals surface area contributed by atoms with E-state index in [0.29, 0.717) is 22.5 Å². The van der Waals surface area contributed by atoms with Gasteiger partial charge in [-0.25, -0.2) is 0 Å². The van der Waals surface area contributed by atoms with Crippen LogP contribution in [-0.2, 0) is 9.59 Å². The Hall–Kier alpha value is -4.58. The maximum atomic E-state index is 12.6. The van der Waals surface area contributed by atoms with Gasteiger partial charge in [-0.05, 0) is 47.5 Å². The van der Waals surface area contributed by atoms with Gasteiger partial charge >= 0.3 is 0 Å². The lowest BCUT2D eigenvalue weighted by Gasteiger charge is -2.08. The highest BCUT2D eigenvalue weighted by Crippen LogP contribution is 2.16. The molecule has 2 amide bonds. The lowest BCUT2D eigenvalue weighted by molar-refractivity contribution is -0.119. The maximum absolute atomic E-state index is 12.6. The minimum absolute atomic E-state index is 0.107. The van der Waals surface area contributed by atoms with Crippen molar-refractivity contribution in [3.8, 4) is 0 Å². The number of hydrogen-bond acceptors (Lipinski definition) is 4. The van der Waals surface area contributed by atoms with Crippen molar-refractivity contribution in [3.05, 3.63) is 107 Å². The number of ketones is 2. The summed E-state index contributed by atoms with van der Waals surface area (Å²) in [6.45, 7) is 7.23. The van der Waals surface area contributed by atoms with Gasteiger partial charge in [-0.2, -0.15) is 0 Å². The Kier molecular flexibility index (Phi) is 9.66. The number of benzene rings is 3. The fraction of sp³-hybridized carbons (Fsp3) is 0.188. The lowest BCUT2D eigenvalue weighted by Crippen LogP contribution is -2.17. The van der Waals surface area contributed by atoms with Gasteiger partial charge in [0.2, 0.25) is 11.8 Å². The van der Waals surface area contributed by atoms with Gasteiger partial charge in [0.05, 0.1) is 0 Å². The molecule has 6 heteroatoms. The van der Waals surface area contributed by atoms with Crippen molar-refractivity contribution in [1.82, 2.24) is 0 Å². The molecule has 3 aromatic rings. The van der Waals surface area contributed by atoms with Crippen molar-refractivity contribution in [2.45, 2.75) is 27.7 Å². The van der Waals surface area contributed by atoms with Crippen molar-refractivity contribution >= 4 is 46.9 Å². The van der Waals surface area contributed by atoms with Gasteiger partial charge in [-0.1, -0.05) is 88.4 Å². The van der Waals surface area contributed by atoms with Gasteiger partial charge in [0.25, 0.3) is 0 Å². The van der Waals surface area contributed by atoms with Crippen molar-refractivity contribution in [1.29, 1.82) is 0 Å². The first-order valence-corrected chi connectivity index (χ1v) is 12.5. The van der Waals surface area contributed by atoms with Crippen molar-refractivity contribution in [2.24, 2.45) is 11.8 Å². The number of rotatable bonds is 10. The number of anilines is 2. The van der Waals surface area contributed by atoms with Crippen LogP contribution in [0.25, 0.3) is 12.2 Å². The van der Waals surface area contributed by atoms with E-state index in [0.717, 1.165) is 11.1 Å². The first-order chi connectivity index (χ1) is 18.1. The van der Waals surface area contributed by atoms with E-state index < -0.39 is 0 Å². The molecular formula is C32H32N2O4. The van der Waals surface area contributed by atoms with Crippen LogP contribution in [0.5, 0.6) is 0 Å². The Bertz CT molecular complexity index is 1280. The molecule has 0 atom stereocenters. The van der Waals surface area contributed by atoms with Crippen LogP contribution in [0.4, 0.5) is 11.4 Å². The average Bonchev–Trinajstić information content (AvgIpc) is 2.91. The third-order valence-electron chi connectivity index (χ3n) is 5.67. The summed E-state index contributed by atoms with van der Waals surface area (Å²) in [5.74, 6) is -0.867. The van der Waals surface area contributed by atoms with Gasteiger partial charge in [0, 0.05) is 34.3 Å². The van der Waals surface area contributed by atoms with Crippen LogP contribution >= 0.6 is 0 Å². The molecule has 0 fully saturated rings. The van der Waals surface area contributed by atoms with Gasteiger partial charge < -0.3 is 10.6 Å². The topological polar surface area (TPSA) is 92.3 Å². The molecule has 0 spiro atoms. The van der Waals surface area contributed by atoms with Crippen LogP contribution in [0.3, 0.4) is 0 Å². The van der Waals surface area contributed by atoms with Crippen LogP contribution in [0.15, 0.2) is 84.9 Å². The quantitative estimate of drug-likeness (QED) is 0.236. The van der Waals surface area contributed by atoms with Crippen LogP contribution in [0.2, 0.25) is 0 Å². The summed E-state index contributed by atoms with van der Waals surface area (Å²) in [7, 11) is 0. The van der Waals surface area contributed by atoms with Crippen LogP contribution in [0, 0.1) is 11.8 Å². The molecule has 0 radical (unpaired) electrons. The molecule has 3 aromatic carbocycles. The molecule has 6 nitrogen and oxygen atoms in total. The molecule has 0 heterocycles. The lowest BCUT2D eigenvalue weighted by atomic mass is 10.1. The van der Waals surface area contributed by atoms with Crippen molar-refractivity contribution in [3.63, 3.8) is 0 Å². The zero-order valence-corrected chi connectivity index (χ0v) is 22.0. The minimum Gasteiger partial charge on any atom is -0.326 e. The van der Waals surface area contributed by atoms with Crippen LogP contribution in [0.1, 0.15) is 59.5 Å². The Morgan fingerprint density at radius 1 is 0.579 bits per heavy atom. The van der Waals surface area contributed by atoms with E-state index in [1.807, 2.05) is 24.3 Å². The standard InChI is InChI=1S/C32H32N2O4/c1-21(2)31(37)33-27-9-5-7-25(19-27)29(35)17-15-23-11-13-24(14-12-23)16-18-30(36)26-8-6-10-28(20-26)34-32(38)22(3)4/h5-22H,1-4H3,(H,33,37)(H,34,38). The largest absolute Gasteiger partial charge is 0.326 e. The van der Waals surface area contributed by atoms with E-state index in [-0.39, 0.29) is 35.2 Å². The fourth-order valence-electron chi connectivity index (χ4n) is 3.33. The number of nitrogens with one attached hydrogen (secondary N) is 2. The highest BCUT2D eigenvalue weighted by molar-refractivity contribution is 6.08. The molecule has 0 aliphatic carbocycles. The number of hydrogen-bond donors (Lipinski definition) is 2. The summed E-state index contributed by atoms with van der Waals surface area (Å²) < 4.78 is 0. The molecule has 0 saturated heterocycles. The van der Waals surface area contributed by atoms with E-state index in [4.69, 9.17) is 0 Å². The van der Waals surface area contributed by atoms with Gasteiger partial charge in [0.15, 0.2) is 11.6 Å². The second kappa shape index (κ2) is 13.1. The molecule has 194 valence electrons. The fourth-order valence-corrected chi connectivity index (χ4v) is 3.33. The van der Waals surface area contributed by atoms with E-state index in [1.54, 1.807) is 88.4 Å². The average molecular weight is 509 g/mol. The smallest absolute Gasteiger partial charge is 0.226 e. The van der Waals surface area contributed by atoms with E-state index >= 15 is 0 Å². The van der Waals surface area contributed by atoms with E-state index in [1.165, 1.54) is 12.2 Å². The van der Waals surface area contributed by atoms with Crippen LogP contribution in [-0.4, -0.2) is 23.4 Å². The Morgan fingerprint density at radius 2 is 0.947 bits per heavy atom. The molecule has 0 saturated carbocycles. The zero-order chi connectivity index (χ0) is 27.7. The van der Waals surface area contributed by atoms with Gasteiger partial charge in [0.1, 0.15) is 0 Å². The Balaban J connectivity index is 1.61. The Morgan fingerprint density at radius 3 is 1.29 bits per heavy atom. The molecule has 0 aliphatic rings. The third-order valence-corrected chi connectivity index (χ3v) is 5.67. The first kappa shape index (κ1) is 28.0. The third kappa shape index (κ3) is 8.23. The summed E-state index contributed by atoms with van der Waals surface area (Å²) in [4.78, 5) is 49.0. The molecule has 3 rings (SSSR count). The summed E-state index contributed by atoms with van der Waals surface area (Å²) in [5.41, 5.74) is 3.79. The maximum Gasteiger partial charge on any atom is 0.226 e. The summed E-state index contributed by atoms with van der Waals surface area (Å²) in [6, 6.07) is 21.1. The molecular weight excluding hydrogens is 476 g/mol. The number of allylic oxidation sites excluding steroid dienone is 2. The van der Waals surface area contributed by atoms with Crippen molar-refractivity contribution < 1.29 is 19.2 Å².